The van der Waals surface area contributed by atoms with Gasteiger partial charge in [-0.05, 0) is 42.0 Å². The Morgan fingerprint density at radius 2 is 1.81 bits per heavy atom. The van der Waals surface area contributed by atoms with Crippen molar-refractivity contribution in [2.45, 2.75) is 13.2 Å². The molecule has 2 heterocycles. The van der Waals surface area contributed by atoms with Crippen LogP contribution in [-0.2, 0) is 6.54 Å². The van der Waals surface area contributed by atoms with E-state index in [1.807, 2.05) is 0 Å². The molecule has 0 aliphatic rings. The molecule has 158 valence electrons. The second kappa shape index (κ2) is 8.38. The van der Waals surface area contributed by atoms with E-state index in [0.29, 0.717) is 11.1 Å². The highest BCUT2D eigenvalue weighted by Crippen LogP contribution is 2.23. The van der Waals surface area contributed by atoms with Crippen molar-refractivity contribution in [1.29, 1.82) is 0 Å². The summed E-state index contributed by atoms with van der Waals surface area (Å²) in [5, 5.41) is 10.6. The maximum atomic E-state index is 13.4. The molecule has 11 heteroatoms. The lowest BCUT2D eigenvalue weighted by molar-refractivity contribution is -0.0498. The Bertz CT molecular complexity index is 1240. The van der Waals surface area contributed by atoms with E-state index < -0.39 is 24.2 Å². The van der Waals surface area contributed by atoms with Gasteiger partial charge >= 0.3 is 6.61 Å². The molecule has 1 amide bonds. The second-order valence-corrected chi connectivity index (χ2v) is 6.34. The summed E-state index contributed by atoms with van der Waals surface area (Å²) < 4.78 is 56.9. The Hall–Kier alpha value is -4.02. The van der Waals surface area contributed by atoms with Crippen LogP contribution >= 0.6 is 0 Å². The Labute approximate surface area is 172 Å². The fraction of sp³-hybridized carbons (Fsp3) is 0.100. The van der Waals surface area contributed by atoms with Crippen molar-refractivity contribution in [2.75, 3.05) is 0 Å². The van der Waals surface area contributed by atoms with E-state index in [-0.39, 0.29) is 29.5 Å². The number of benzene rings is 2. The van der Waals surface area contributed by atoms with E-state index in [1.54, 1.807) is 0 Å². The SMILES string of the molecule is O=C(NCc1ccc(F)c(F)c1)c1cncc2nnc(-c3ccc(OC(F)F)cc3)n12. The first-order valence-corrected chi connectivity index (χ1v) is 8.89. The minimum Gasteiger partial charge on any atom is -0.435 e. The molecule has 0 spiro atoms. The summed E-state index contributed by atoms with van der Waals surface area (Å²) in [4.78, 5) is 16.7. The summed E-state index contributed by atoms with van der Waals surface area (Å²) in [6, 6.07) is 8.99. The molecule has 2 aromatic carbocycles. The zero-order valence-corrected chi connectivity index (χ0v) is 15.6. The van der Waals surface area contributed by atoms with Crippen molar-refractivity contribution < 1.29 is 27.1 Å². The molecular formula is C20H13F4N5O2. The maximum absolute atomic E-state index is 13.4. The van der Waals surface area contributed by atoms with E-state index in [2.05, 4.69) is 25.2 Å². The predicted octanol–water partition coefficient (Wildman–Crippen LogP) is 3.60. The molecule has 4 rings (SSSR count). The highest BCUT2D eigenvalue weighted by atomic mass is 19.3. The molecule has 7 nitrogen and oxygen atoms in total. The summed E-state index contributed by atoms with van der Waals surface area (Å²) in [5.74, 6) is -2.31. The third kappa shape index (κ3) is 4.29. The Balaban J connectivity index is 1.62. The molecule has 0 bridgehead atoms. The average Bonchev–Trinajstić information content (AvgIpc) is 3.19. The number of carbonyl (C=O) groups excluding carboxylic acids is 1. The van der Waals surface area contributed by atoms with Gasteiger partial charge in [0.25, 0.3) is 5.91 Å². The van der Waals surface area contributed by atoms with Crippen LogP contribution in [0.4, 0.5) is 17.6 Å². The van der Waals surface area contributed by atoms with Crippen molar-refractivity contribution >= 4 is 11.6 Å². The highest BCUT2D eigenvalue weighted by Gasteiger charge is 2.17. The van der Waals surface area contributed by atoms with Crippen LogP contribution in [0.5, 0.6) is 5.75 Å². The van der Waals surface area contributed by atoms with Gasteiger partial charge in [0, 0.05) is 12.1 Å². The van der Waals surface area contributed by atoms with Gasteiger partial charge in [0.1, 0.15) is 11.4 Å². The zero-order valence-electron chi connectivity index (χ0n) is 15.6. The lowest BCUT2D eigenvalue weighted by atomic mass is 10.2. The van der Waals surface area contributed by atoms with Crippen molar-refractivity contribution in [3.05, 3.63) is 77.8 Å². The number of carbonyl (C=O) groups is 1. The number of aromatic nitrogens is 4. The molecule has 0 unspecified atom stereocenters. The molecule has 1 N–H and O–H groups in total. The largest absolute Gasteiger partial charge is 0.435 e. The van der Waals surface area contributed by atoms with Crippen LogP contribution in [0, 0.1) is 11.6 Å². The summed E-state index contributed by atoms with van der Waals surface area (Å²) in [7, 11) is 0. The first kappa shape index (κ1) is 20.3. The molecule has 31 heavy (non-hydrogen) atoms. The predicted molar refractivity (Wildman–Crippen MR) is 100 cm³/mol. The number of hydrogen-bond donors (Lipinski definition) is 1. The minimum atomic E-state index is -2.95. The van der Waals surface area contributed by atoms with Gasteiger partial charge in [-0.3, -0.25) is 14.2 Å². The number of ether oxygens (including phenoxy) is 1. The summed E-state index contributed by atoms with van der Waals surface area (Å²) in [6.07, 6.45) is 2.70. The molecule has 2 aromatic heterocycles. The molecule has 0 aliphatic heterocycles. The van der Waals surface area contributed by atoms with Gasteiger partial charge in [-0.25, -0.2) is 8.78 Å². The van der Waals surface area contributed by atoms with Crippen LogP contribution in [0.2, 0.25) is 0 Å². The summed E-state index contributed by atoms with van der Waals surface area (Å²) >= 11 is 0. The average molecular weight is 431 g/mol. The van der Waals surface area contributed by atoms with Crippen molar-refractivity contribution in [3.8, 4) is 17.1 Å². The number of nitrogens with one attached hydrogen (secondary N) is 1. The van der Waals surface area contributed by atoms with Crippen LogP contribution in [-0.4, -0.2) is 32.1 Å². The molecule has 0 saturated carbocycles. The quantitative estimate of drug-likeness (QED) is 0.472. The van der Waals surface area contributed by atoms with Crippen molar-refractivity contribution in [3.63, 3.8) is 0 Å². The number of alkyl halides is 2. The fourth-order valence-corrected chi connectivity index (χ4v) is 2.90. The van der Waals surface area contributed by atoms with Gasteiger partial charge in [0.15, 0.2) is 23.1 Å². The number of fused-ring (bicyclic) bond motifs is 1. The fourth-order valence-electron chi connectivity index (χ4n) is 2.90. The number of hydrogen-bond acceptors (Lipinski definition) is 5. The number of rotatable bonds is 6. The Morgan fingerprint density at radius 3 is 2.52 bits per heavy atom. The topological polar surface area (TPSA) is 81.4 Å². The zero-order chi connectivity index (χ0) is 22.0. The van der Waals surface area contributed by atoms with Gasteiger partial charge in [-0.1, -0.05) is 6.07 Å². The minimum absolute atomic E-state index is 0.0289. The Kier molecular flexibility index (Phi) is 5.48. The second-order valence-electron chi connectivity index (χ2n) is 6.34. The van der Waals surface area contributed by atoms with Crippen molar-refractivity contribution in [1.82, 2.24) is 24.9 Å². The van der Waals surface area contributed by atoms with Gasteiger partial charge in [-0.2, -0.15) is 8.78 Å². The lowest BCUT2D eigenvalue weighted by Gasteiger charge is -2.09. The number of halogens is 4. The van der Waals surface area contributed by atoms with E-state index in [4.69, 9.17) is 0 Å². The van der Waals surface area contributed by atoms with Crippen LogP contribution in [0.25, 0.3) is 17.0 Å². The van der Waals surface area contributed by atoms with E-state index in [9.17, 15) is 22.4 Å². The van der Waals surface area contributed by atoms with Crippen molar-refractivity contribution in [2.24, 2.45) is 0 Å². The van der Waals surface area contributed by atoms with Gasteiger partial charge in [0.05, 0.1) is 12.4 Å². The van der Waals surface area contributed by atoms with Gasteiger partial charge in [-0.15, -0.1) is 10.2 Å². The first-order chi connectivity index (χ1) is 14.9. The molecule has 0 aliphatic carbocycles. The van der Waals surface area contributed by atoms with E-state index in [1.165, 1.54) is 47.1 Å². The molecule has 4 aromatic rings. The summed E-state index contributed by atoms with van der Waals surface area (Å²) in [5.41, 5.74) is 1.23. The standard InChI is InChI=1S/C20H13F4N5O2/c21-14-6-1-11(7-15(14)22)8-26-19(30)16-9-25-10-17-27-28-18(29(16)17)12-2-4-13(5-3-12)31-20(23)24/h1-7,9-10,20H,8H2,(H,26,30). The molecule has 0 atom stereocenters. The third-order valence-corrected chi connectivity index (χ3v) is 4.32. The van der Waals surface area contributed by atoms with Gasteiger partial charge in [0.2, 0.25) is 0 Å². The normalized spacial score (nSPS) is 11.1. The molecule has 0 fully saturated rings. The first-order valence-electron chi connectivity index (χ1n) is 8.89. The molecule has 0 radical (unpaired) electrons. The summed E-state index contributed by atoms with van der Waals surface area (Å²) in [6.45, 7) is -3.00. The lowest BCUT2D eigenvalue weighted by Crippen LogP contribution is -2.25. The van der Waals surface area contributed by atoms with E-state index in [0.717, 1.165) is 12.1 Å². The molecular weight excluding hydrogens is 418 g/mol. The number of nitrogens with zero attached hydrogens (tertiary/aromatic N) is 4. The smallest absolute Gasteiger partial charge is 0.387 e. The van der Waals surface area contributed by atoms with Crippen LogP contribution in [0.1, 0.15) is 16.1 Å². The third-order valence-electron chi connectivity index (χ3n) is 4.32. The van der Waals surface area contributed by atoms with Crippen LogP contribution in [0.15, 0.2) is 54.9 Å². The van der Waals surface area contributed by atoms with Crippen LogP contribution < -0.4 is 10.1 Å². The Morgan fingerprint density at radius 1 is 1.03 bits per heavy atom. The number of amides is 1. The molecule has 0 saturated heterocycles. The highest BCUT2D eigenvalue weighted by molar-refractivity contribution is 5.93. The monoisotopic (exact) mass is 431 g/mol. The maximum Gasteiger partial charge on any atom is 0.387 e. The van der Waals surface area contributed by atoms with Gasteiger partial charge < -0.3 is 10.1 Å². The van der Waals surface area contributed by atoms with E-state index >= 15 is 0 Å². The van der Waals surface area contributed by atoms with Crippen LogP contribution in [0.3, 0.4) is 0 Å².